The molecule has 102 valence electrons. The van der Waals surface area contributed by atoms with E-state index in [2.05, 4.69) is 34.5 Å². The maximum atomic E-state index is 10.7. The van der Waals surface area contributed by atoms with Crippen LogP contribution in [-0.2, 0) is 4.79 Å². The summed E-state index contributed by atoms with van der Waals surface area (Å²) < 4.78 is 0. The number of carbonyl (C=O) groups is 1. The van der Waals surface area contributed by atoms with Crippen molar-refractivity contribution in [2.24, 2.45) is 0 Å². The number of benzene rings is 1. The summed E-state index contributed by atoms with van der Waals surface area (Å²) >= 11 is 0. The van der Waals surface area contributed by atoms with Gasteiger partial charge in [-0.05, 0) is 37.0 Å². The molecule has 0 saturated carbocycles. The Hall–Kier alpha value is -1.77. The maximum Gasteiger partial charge on any atom is 0.217 e. The van der Waals surface area contributed by atoms with Crippen molar-refractivity contribution >= 4 is 17.7 Å². The second-order valence-electron chi connectivity index (χ2n) is 4.98. The molecule has 0 radical (unpaired) electrons. The lowest BCUT2D eigenvalue weighted by Crippen LogP contribution is -2.29. The van der Waals surface area contributed by atoms with E-state index in [0.29, 0.717) is 6.54 Å². The first-order chi connectivity index (χ1) is 9.25. The van der Waals surface area contributed by atoms with Gasteiger partial charge in [0.25, 0.3) is 0 Å². The second kappa shape index (κ2) is 6.98. The van der Waals surface area contributed by atoms with E-state index in [1.54, 1.807) is 0 Å². The first-order valence-electron chi connectivity index (χ1n) is 7.02. The van der Waals surface area contributed by atoms with E-state index < -0.39 is 0 Å². The molecule has 1 aromatic carbocycles. The zero-order valence-electron chi connectivity index (χ0n) is 11.6. The molecule has 1 aliphatic heterocycles. The Morgan fingerprint density at radius 3 is 2.53 bits per heavy atom. The van der Waals surface area contributed by atoms with Gasteiger partial charge < -0.3 is 10.2 Å². The normalized spacial score (nSPS) is 15.7. The van der Waals surface area contributed by atoms with E-state index in [1.165, 1.54) is 50.5 Å². The second-order valence-corrected chi connectivity index (χ2v) is 4.98. The van der Waals surface area contributed by atoms with Crippen LogP contribution in [0.15, 0.2) is 30.3 Å². The van der Waals surface area contributed by atoms with Gasteiger partial charge in [-0.25, -0.2) is 0 Å². The van der Waals surface area contributed by atoms with Crippen molar-refractivity contribution in [2.45, 2.75) is 26.2 Å². The fourth-order valence-electron chi connectivity index (χ4n) is 2.35. The van der Waals surface area contributed by atoms with Gasteiger partial charge in [-0.3, -0.25) is 4.79 Å². The van der Waals surface area contributed by atoms with Crippen molar-refractivity contribution in [3.8, 4) is 0 Å². The van der Waals surface area contributed by atoms with Crippen LogP contribution in [0.5, 0.6) is 0 Å². The molecule has 3 nitrogen and oxygen atoms in total. The highest BCUT2D eigenvalue weighted by atomic mass is 16.1. The first kappa shape index (κ1) is 13.7. The minimum absolute atomic E-state index is 0.00472. The summed E-state index contributed by atoms with van der Waals surface area (Å²) in [6.45, 7) is 4.47. The lowest BCUT2D eigenvalue weighted by Gasteiger charge is -2.28. The van der Waals surface area contributed by atoms with Crippen LogP contribution in [0, 0.1) is 0 Å². The van der Waals surface area contributed by atoms with Gasteiger partial charge in [-0.15, -0.1) is 0 Å². The Bertz CT molecular complexity index is 431. The molecule has 1 aliphatic rings. The molecular weight excluding hydrogens is 236 g/mol. The fraction of sp³-hybridized carbons (Fsp3) is 0.438. The van der Waals surface area contributed by atoms with Gasteiger partial charge in [-0.1, -0.05) is 24.3 Å². The summed E-state index contributed by atoms with van der Waals surface area (Å²) in [5, 5.41) is 2.74. The van der Waals surface area contributed by atoms with Gasteiger partial charge in [0.15, 0.2) is 0 Å². The molecule has 1 heterocycles. The molecule has 0 aliphatic carbocycles. The Morgan fingerprint density at radius 2 is 1.89 bits per heavy atom. The number of nitrogens with one attached hydrogen (secondary N) is 1. The van der Waals surface area contributed by atoms with Gasteiger partial charge in [0.1, 0.15) is 0 Å². The van der Waals surface area contributed by atoms with E-state index in [-0.39, 0.29) is 5.91 Å². The number of piperidine rings is 1. The van der Waals surface area contributed by atoms with Crippen molar-refractivity contribution in [1.29, 1.82) is 0 Å². The number of carbonyl (C=O) groups excluding carboxylic acids is 1. The van der Waals surface area contributed by atoms with Crippen LogP contribution >= 0.6 is 0 Å². The first-order valence-corrected chi connectivity index (χ1v) is 7.02. The number of rotatable bonds is 4. The molecule has 1 N–H and O–H groups in total. The van der Waals surface area contributed by atoms with E-state index in [4.69, 9.17) is 0 Å². The molecule has 19 heavy (non-hydrogen) atoms. The molecule has 1 saturated heterocycles. The van der Waals surface area contributed by atoms with Crippen molar-refractivity contribution in [3.63, 3.8) is 0 Å². The highest BCUT2D eigenvalue weighted by Crippen LogP contribution is 2.20. The predicted molar refractivity (Wildman–Crippen MR) is 80.2 cm³/mol. The van der Waals surface area contributed by atoms with Crippen molar-refractivity contribution in [2.75, 3.05) is 24.5 Å². The van der Waals surface area contributed by atoms with Gasteiger partial charge in [0, 0.05) is 32.2 Å². The van der Waals surface area contributed by atoms with Gasteiger partial charge in [-0.2, -0.15) is 0 Å². The molecule has 0 unspecified atom stereocenters. The van der Waals surface area contributed by atoms with E-state index in [0.717, 1.165) is 0 Å². The molecule has 2 rings (SSSR count). The molecule has 1 fully saturated rings. The number of hydrogen-bond acceptors (Lipinski definition) is 2. The molecule has 0 spiro atoms. The Morgan fingerprint density at radius 1 is 1.21 bits per heavy atom. The van der Waals surface area contributed by atoms with Gasteiger partial charge in [0.05, 0.1) is 0 Å². The molecule has 1 aromatic rings. The van der Waals surface area contributed by atoms with Gasteiger partial charge in [0.2, 0.25) is 5.91 Å². The number of amides is 1. The molecular formula is C16H22N2O. The van der Waals surface area contributed by atoms with Crippen molar-refractivity contribution in [3.05, 3.63) is 35.9 Å². The number of nitrogens with zero attached hydrogens (tertiary/aromatic N) is 1. The molecule has 1 amide bonds. The third-order valence-electron chi connectivity index (χ3n) is 3.39. The third-order valence-corrected chi connectivity index (χ3v) is 3.39. The molecule has 0 aromatic heterocycles. The summed E-state index contributed by atoms with van der Waals surface area (Å²) in [4.78, 5) is 13.2. The zero-order valence-corrected chi connectivity index (χ0v) is 11.6. The highest BCUT2D eigenvalue weighted by molar-refractivity contribution is 5.73. The molecule has 0 bridgehead atoms. The number of hydrogen-bond donors (Lipinski definition) is 1. The van der Waals surface area contributed by atoms with Crippen LogP contribution in [0.1, 0.15) is 31.7 Å². The predicted octanol–water partition coefficient (Wildman–Crippen LogP) is 2.83. The van der Waals surface area contributed by atoms with Crippen LogP contribution in [0.25, 0.3) is 6.08 Å². The molecule has 3 heteroatoms. The fourth-order valence-corrected chi connectivity index (χ4v) is 2.35. The standard InChI is InChI=1S/C16H22N2O/c1-14(19)17-11-5-6-15-7-9-16(10-8-15)18-12-3-2-4-13-18/h5-10H,2-4,11-13H2,1H3,(H,17,19). The minimum atomic E-state index is 0.00472. The Balaban J connectivity index is 1.88. The minimum Gasteiger partial charge on any atom is -0.372 e. The summed E-state index contributed by atoms with van der Waals surface area (Å²) in [6.07, 6.45) is 7.98. The van der Waals surface area contributed by atoms with E-state index >= 15 is 0 Å². The van der Waals surface area contributed by atoms with E-state index in [9.17, 15) is 4.79 Å². The van der Waals surface area contributed by atoms with Crippen LogP contribution in [0.2, 0.25) is 0 Å². The smallest absolute Gasteiger partial charge is 0.217 e. The lowest BCUT2D eigenvalue weighted by molar-refractivity contribution is -0.118. The van der Waals surface area contributed by atoms with Crippen molar-refractivity contribution in [1.82, 2.24) is 5.32 Å². The lowest BCUT2D eigenvalue weighted by atomic mass is 10.1. The monoisotopic (exact) mass is 258 g/mol. The van der Waals surface area contributed by atoms with Crippen LogP contribution in [0.3, 0.4) is 0 Å². The summed E-state index contributed by atoms with van der Waals surface area (Å²) in [5.41, 5.74) is 2.49. The largest absolute Gasteiger partial charge is 0.372 e. The Labute approximate surface area is 115 Å². The molecule has 0 atom stereocenters. The van der Waals surface area contributed by atoms with Crippen LogP contribution < -0.4 is 10.2 Å². The number of anilines is 1. The quantitative estimate of drug-likeness (QED) is 0.900. The van der Waals surface area contributed by atoms with E-state index in [1.807, 2.05) is 12.2 Å². The topological polar surface area (TPSA) is 32.3 Å². The summed E-state index contributed by atoms with van der Waals surface area (Å²) in [7, 11) is 0. The van der Waals surface area contributed by atoms with Crippen LogP contribution in [0.4, 0.5) is 5.69 Å². The zero-order chi connectivity index (χ0) is 13.5. The van der Waals surface area contributed by atoms with Crippen molar-refractivity contribution < 1.29 is 4.79 Å². The average Bonchev–Trinajstić information content (AvgIpc) is 2.45. The third kappa shape index (κ3) is 4.43. The summed E-state index contributed by atoms with van der Waals surface area (Å²) in [5.74, 6) is 0.00472. The van der Waals surface area contributed by atoms with Crippen LogP contribution in [-0.4, -0.2) is 25.5 Å². The summed E-state index contributed by atoms with van der Waals surface area (Å²) in [6, 6.07) is 8.63. The Kier molecular flexibility index (Phi) is 5.01. The van der Waals surface area contributed by atoms with Gasteiger partial charge >= 0.3 is 0 Å². The maximum absolute atomic E-state index is 10.7. The SMILES string of the molecule is CC(=O)NCC=Cc1ccc(N2CCCCC2)cc1. The average molecular weight is 258 g/mol. The highest BCUT2D eigenvalue weighted by Gasteiger charge is 2.09.